The second kappa shape index (κ2) is 5.91. The van der Waals surface area contributed by atoms with Crippen molar-refractivity contribution in [2.75, 3.05) is 11.4 Å². The van der Waals surface area contributed by atoms with Gasteiger partial charge in [0.15, 0.2) is 0 Å². The molecule has 1 N–H and O–H groups in total. The Morgan fingerprint density at radius 3 is 2.24 bits per heavy atom. The summed E-state index contributed by atoms with van der Waals surface area (Å²) in [6.07, 6.45) is 4.42. The Labute approximate surface area is 125 Å². The van der Waals surface area contributed by atoms with Crippen molar-refractivity contribution in [3.8, 4) is 0 Å². The first-order valence-corrected chi connectivity index (χ1v) is 8.02. The fourth-order valence-corrected chi connectivity index (χ4v) is 2.75. The zero-order valence-electron chi connectivity index (χ0n) is 12.8. The Hall–Kier alpha value is -1.16. The molecule has 0 bridgehead atoms. The van der Waals surface area contributed by atoms with Gasteiger partial charge in [0.2, 0.25) is 0 Å². The summed E-state index contributed by atoms with van der Waals surface area (Å²) >= 11 is 0. The van der Waals surface area contributed by atoms with Gasteiger partial charge in [-0.05, 0) is 49.3 Å². The summed E-state index contributed by atoms with van der Waals surface area (Å²) in [5.74, 6) is -0.453. The minimum atomic E-state index is -0.421. The highest BCUT2D eigenvalue weighted by Crippen LogP contribution is 2.36. The Bertz CT molecular complexity index is 485. The van der Waals surface area contributed by atoms with E-state index in [0.717, 1.165) is 12.8 Å². The molecular formula is C17H24F2N2. The van der Waals surface area contributed by atoms with Crippen LogP contribution in [0.1, 0.15) is 45.1 Å². The summed E-state index contributed by atoms with van der Waals surface area (Å²) in [4.78, 5) is 1.92. The van der Waals surface area contributed by atoms with Gasteiger partial charge in [0.25, 0.3) is 0 Å². The molecule has 21 heavy (non-hydrogen) atoms. The molecule has 0 heterocycles. The summed E-state index contributed by atoms with van der Waals surface area (Å²) in [5, 5.41) is 3.30. The fourth-order valence-electron chi connectivity index (χ4n) is 2.75. The van der Waals surface area contributed by atoms with E-state index in [4.69, 9.17) is 0 Å². The van der Waals surface area contributed by atoms with E-state index in [-0.39, 0.29) is 5.69 Å². The molecule has 0 amide bonds. The molecule has 2 aliphatic rings. The first-order valence-electron chi connectivity index (χ1n) is 8.02. The van der Waals surface area contributed by atoms with Gasteiger partial charge in [-0.2, -0.15) is 0 Å². The van der Waals surface area contributed by atoms with Gasteiger partial charge >= 0.3 is 0 Å². The SMILES string of the molecule is CC(C)CN(c1c(F)cc(CNC2CC2)cc1F)C1CC1. The highest BCUT2D eigenvalue weighted by atomic mass is 19.1. The molecule has 0 aliphatic heterocycles. The second-order valence-corrected chi connectivity index (χ2v) is 6.84. The third-order valence-corrected chi connectivity index (χ3v) is 4.09. The minimum absolute atomic E-state index is 0.168. The van der Waals surface area contributed by atoms with Gasteiger partial charge in [0, 0.05) is 25.2 Å². The van der Waals surface area contributed by atoms with E-state index >= 15 is 0 Å². The van der Waals surface area contributed by atoms with Crippen LogP contribution in [0.15, 0.2) is 12.1 Å². The molecule has 0 unspecified atom stereocenters. The maximum absolute atomic E-state index is 14.4. The summed E-state index contributed by atoms with van der Waals surface area (Å²) < 4.78 is 28.9. The van der Waals surface area contributed by atoms with Crippen molar-refractivity contribution in [2.45, 2.75) is 58.2 Å². The Balaban J connectivity index is 1.79. The van der Waals surface area contributed by atoms with Gasteiger partial charge in [0.05, 0.1) is 0 Å². The maximum Gasteiger partial charge on any atom is 0.149 e. The van der Waals surface area contributed by atoms with E-state index in [1.54, 1.807) is 0 Å². The number of nitrogens with zero attached hydrogens (tertiary/aromatic N) is 1. The standard InChI is InChI=1S/C17H24F2N2/c1-11(2)10-21(14-5-6-14)17-15(18)7-12(8-16(17)19)9-20-13-3-4-13/h7-8,11,13-14,20H,3-6,9-10H2,1-2H3. The van der Waals surface area contributed by atoms with Crippen LogP contribution >= 0.6 is 0 Å². The van der Waals surface area contributed by atoms with Crippen LogP contribution in [0.3, 0.4) is 0 Å². The molecular weight excluding hydrogens is 270 g/mol. The van der Waals surface area contributed by atoms with E-state index in [2.05, 4.69) is 19.2 Å². The van der Waals surface area contributed by atoms with Crippen LogP contribution in [0.25, 0.3) is 0 Å². The molecule has 1 aromatic carbocycles. The highest BCUT2D eigenvalue weighted by Gasteiger charge is 2.33. The van der Waals surface area contributed by atoms with Crippen molar-refractivity contribution in [3.05, 3.63) is 29.3 Å². The van der Waals surface area contributed by atoms with Crippen molar-refractivity contribution >= 4 is 5.69 Å². The second-order valence-electron chi connectivity index (χ2n) is 6.84. The van der Waals surface area contributed by atoms with Crippen LogP contribution in [0.2, 0.25) is 0 Å². The van der Waals surface area contributed by atoms with E-state index in [9.17, 15) is 8.78 Å². The lowest BCUT2D eigenvalue weighted by atomic mass is 10.1. The van der Waals surface area contributed by atoms with Crippen molar-refractivity contribution < 1.29 is 8.78 Å². The van der Waals surface area contributed by atoms with Crippen molar-refractivity contribution in [3.63, 3.8) is 0 Å². The van der Waals surface area contributed by atoms with E-state index in [0.29, 0.717) is 36.7 Å². The number of nitrogens with one attached hydrogen (secondary N) is 1. The van der Waals surface area contributed by atoms with Crippen LogP contribution in [0, 0.1) is 17.6 Å². The van der Waals surface area contributed by atoms with Crippen LogP contribution in [0.5, 0.6) is 0 Å². The van der Waals surface area contributed by atoms with Gasteiger partial charge in [-0.3, -0.25) is 0 Å². The summed E-state index contributed by atoms with van der Waals surface area (Å²) in [6.45, 7) is 5.42. The van der Waals surface area contributed by atoms with Crippen molar-refractivity contribution in [2.24, 2.45) is 5.92 Å². The Kier molecular flexibility index (Phi) is 4.16. The molecule has 0 aromatic heterocycles. The average Bonchev–Trinajstić information content (AvgIpc) is 3.26. The number of rotatable bonds is 7. The summed E-state index contributed by atoms with van der Waals surface area (Å²) in [6, 6.07) is 3.83. The monoisotopic (exact) mass is 294 g/mol. The molecule has 1 aromatic rings. The number of anilines is 1. The molecule has 0 atom stereocenters. The highest BCUT2D eigenvalue weighted by molar-refractivity contribution is 5.52. The van der Waals surface area contributed by atoms with Gasteiger partial charge in [-0.15, -0.1) is 0 Å². The topological polar surface area (TPSA) is 15.3 Å². The molecule has 2 aliphatic carbocycles. The maximum atomic E-state index is 14.4. The first kappa shape index (κ1) is 14.8. The molecule has 3 rings (SSSR count). The number of benzene rings is 1. The molecule has 0 radical (unpaired) electrons. The van der Waals surface area contributed by atoms with E-state index in [1.807, 2.05) is 4.90 Å². The predicted molar refractivity (Wildman–Crippen MR) is 81.4 cm³/mol. The minimum Gasteiger partial charge on any atom is -0.364 e. The molecule has 2 fully saturated rings. The third kappa shape index (κ3) is 3.73. The van der Waals surface area contributed by atoms with Gasteiger partial charge in [-0.1, -0.05) is 13.8 Å². The third-order valence-electron chi connectivity index (χ3n) is 4.09. The fraction of sp³-hybridized carbons (Fsp3) is 0.647. The first-order chi connectivity index (χ1) is 10.0. The predicted octanol–water partition coefficient (Wildman–Crippen LogP) is 3.84. The van der Waals surface area contributed by atoms with Crippen LogP contribution in [-0.2, 0) is 6.54 Å². The van der Waals surface area contributed by atoms with Crippen LogP contribution in [0.4, 0.5) is 14.5 Å². The van der Waals surface area contributed by atoms with Crippen LogP contribution in [-0.4, -0.2) is 18.6 Å². The summed E-state index contributed by atoms with van der Waals surface area (Å²) in [5.41, 5.74) is 0.863. The Morgan fingerprint density at radius 1 is 1.14 bits per heavy atom. The van der Waals surface area contributed by atoms with E-state index in [1.165, 1.54) is 25.0 Å². The number of halogens is 2. The number of hydrogen-bond donors (Lipinski definition) is 1. The van der Waals surface area contributed by atoms with Gasteiger partial charge in [-0.25, -0.2) is 8.78 Å². The van der Waals surface area contributed by atoms with Crippen molar-refractivity contribution in [1.82, 2.24) is 5.32 Å². The molecule has 4 heteroatoms. The molecule has 116 valence electrons. The Morgan fingerprint density at radius 2 is 1.76 bits per heavy atom. The zero-order chi connectivity index (χ0) is 15.0. The lowest BCUT2D eigenvalue weighted by Crippen LogP contribution is -2.31. The molecule has 0 spiro atoms. The van der Waals surface area contributed by atoms with Gasteiger partial charge in [0.1, 0.15) is 17.3 Å². The zero-order valence-corrected chi connectivity index (χ0v) is 12.8. The lowest BCUT2D eigenvalue weighted by Gasteiger charge is -2.27. The van der Waals surface area contributed by atoms with Crippen LogP contribution < -0.4 is 10.2 Å². The van der Waals surface area contributed by atoms with Crippen molar-refractivity contribution in [1.29, 1.82) is 0 Å². The quantitative estimate of drug-likeness (QED) is 0.822. The number of hydrogen-bond acceptors (Lipinski definition) is 2. The summed E-state index contributed by atoms with van der Waals surface area (Å²) in [7, 11) is 0. The van der Waals surface area contributed by atoms with E-state index < -0.39 is 11.6 Å². The van der Waals surface area contributed by atoms with Gasteiger partial charge < -0.3 is 10.2 Å². The smallest absolute Gasteiger partial charge is 0.149 e. The largest absolute Gasteiger partial charge is 0.364 e. The average molecular weight is 294 g/mol. The lowest BCUT2D eigenvalue weighted by molar-refractivity contribution is 0.540. The molecule has 2 saturated carbocycles. The molecule has 2 nitrogen and oxygen atoms in total. The normalized spacial score (nSPS) is 18.3. The molecule has 0 saturated heterocycles.